The smallest absolute Gasteiger partial charge is 0.113 e. The van der Waals surface area contributed by atoms with Gasteiger partial charge in [0, 0.05) is 18.2 Å². The van der Waals surface area contributed by atoms with Crippen LogP contribution in [0, 0.1) is 6.92 Å². The molecule has 1 fully saturated rings. The first-order valence-electron chi connectivity index (χ1n) is 5.38. The van der Waals surface area contributed by atoms with Crippen LogP contribution in [0.25, 0.3) is 0 Å². The summed E-state index contributed by atoms with van der Waals surface area (Å²) in [6.07, 6.45) is 4.48. The van der Waals surface area contributed by atoms with Gasteiger partial charge in [-0.2, -0.15) is 0 Å². The molecule has 1 heterocycles. The Morgan fingerprint density at radius 2 is 2.47 bits per heavy atom. The zero-order valence-corrected chi connectivity index (χ0v) is 10.1. The molecule has 0 aromatic carbocycles. The molecule has 0 saturated heterocycles. The Morgan fingerprint density at radius 3 is 3.07 bits per heavy atom. The standard InChI is InChI=1S/C11H18N2OS/c1-8-7-15-10(13-8)11(12)5-3-4-9(6-11)14-2/h7,9H,3-6,12H2,1-2H3. The summed E-state index contributed by atoms with van der Waals surface area (Å²) in [5.41, 5.74) is 7.24. The molecule has 3 nitrogen and oxygen atoms in total. The molecule has 0 amide bonds. The molecule has 2 unspecified atom stereocenters. The molecule has 1 aromatic rings. The predicted molar refractivity (Wildman–Crippen MR) is 62.0 cm³/mol. The van der Waals surface area contributed by atoms with Crippen LogP contribution in [0.5, 0.6) is 0 Å². The minimum atomic E-state index is -0.252. The van der Waals surface area contributed by atoms with Crippen LogP contribution in [0.15, 0.2) is 5.38 Å². The van der Waals surface area contributed by atoms with Crippen molar-refractivity contribution in [1.82, 2.24) is 4.98 Å². The van der Waals surface area contributed by atoms with Crippen LogP contribution >= 0.6 is 11.3 Å². The summed E-state index contributed by atoms with van der Waals surface area (Å²) in [5.74, 6) is 0. The highest BCUT2D eigenvalue weighted by atomic mass is 32.1. The van der Waals surface area contributed by atoms with Crippen LogP contribution in [0.1, 0.15) is 36.4 Å². The molecular formula is C11H18N2OS. The van der Waals surface area contributed by atoms with E-state index in [-0.39, 0.29) is 5.54 Å². The van der Waals surface area contributed by atoms with Crippen LogP contribution in [0.3, 0.4) is 0 Å². The number of nitrogens with zero attached hydrogens (tertiary/aromatic N) is 1. The second-order valence-corrected chi connectivity index (χ2v) is 5.26. The lowest BCUT2D eigenvalue weighted by molar-refractivity contribution is 0.0406. The van der Waals surface area contributed by atoms with E-state index in [1.807, 2.05) is 6.92 Å². The van der Waals surface area contributed by atoms with E-state index >= 15 is 0 Å². The summed E-state index contributed by atoms with van der Waals surface area (Å²) in [4.78, 5) is 4.51. The van der Waals surface area contributed by atoms with Crippen LogP contribution in [-0.2, 0) is 10.3 Å². The summed E-state index contributed by atoms with van der Waals surface area (Å²) in [7, 11) is 1.77. The molecular weight excluding hydrogens is 208 g/mol. The SMILES string of the molecule is COC1CCCC(N)(c2nc(C)cs2)C1. The number of rotatable bonds is 2. The number of hydrogen-bond acceptors (Lipinski definition) is 4. The Balaban J connectivity index is 2.18. The number of nitrogens with two attached hydrogens (primary N) is 1. The van der Waals surface area contributed by atoms with Crippen LogP contribution < -0.4 is 5.73 Å². The highest BCUT2D eigenvalue weighted by Gasteiger charge is 2.36. The Kier molecular flexibility index (Phi) is 3.09. The summed E-state index contributed by atoms with van der Waals surface area (Å²) in [5, 5.41) is 3.14. The average molecular weight is 226 g/mol. The molecule has 2 atom stereocenters. The van der Waals surface area contributed by atoms with E-state index in [0.29, 0.717) is 6.10 Å². The molecule has 0 bridgehead atoms. The van der Waals surface area contributed by atoms with Gasteiger partial charge >= 0.3 is 0 Å². The second kappa shape index (κ2) is 4.20. The molecule has 0 spiro atoms. The maximum absolute atomic E-state index is 6.43. The first kappa shape index (κ1) is 11.0. The summed E-state index contributed by atoms with van der Waals surface area (Å²) >= 11 is 1.68. The second-order valence-electron chi connectivity index (χ2n) is 4.40. The van der Waals surface area contributed by atoms with E-state index in [0.717, 1.165) is 36.4 Å². The molecule has 15 heavy (non-hydrogen) atoms. The van der Waals surface area contributed by atoms with Crippen molar-refractivity contribution in [2.75, 3.05) is 7.11 Å². The lowest BCUT2D eigenvalue weighted by atomic mass is 9.81. The van der Waals surface area contributed by atoms with Gasteiger partial charge in [-0.25, -0.2) is 4.98 Å². The molecule has 0 aliphatic heterocycles. The Bertz CT molecular complexity index is 339. The van der Waals surface area contributed by atoms with Gasteiger partial charge in [0.25, 0.3) is 0 Å². The topological polar surface area (TPSA) is 48.1 Å². The van der Waals surface area contributed by atoms with E-state index < -0.39 is 0 Å². The molecule has 84 valence electrons. The van der Waals surface area contributed by atoms with Crippen molar-refractivity contribution in [2.45, 2.75) is 44.2 Å². The van der Waals surface area contributed by atoms with Crippen molar-refractivity contribution in [3.63, 3.8) is 0 Å². The lowest BCUT2D eigenvalue weighted by Crippen LogP contribution is -2.43. The van der Waals surface area contributed by atoms with Gasteiger partial charge in [0.2, 0.25) is 0 Å². The van der Waals surface area contributed by atoms with Crippen molar-refractivity contribution in [2.24, 2.45) is 5.73 Å². The maximum Gasteiger partial charge on any atom is 0.113 e. The van der Waals surface area contributed by atoms with Crippen molar-refractivity contribution < 1.29 is 4.74 Å². The third-order valence-electron chi connectivity index (χ3n) is 3.12. The van der Waals surface area contributed by atoms with E-state index in [9.17, 15) is 0 Å². The van der Waals surface area contributed by atoms with Gasteiger partial charge in [0.1, 0.15) is 5.01 Å². The first-order chi connectivity index (χ1) is 7.14. The van der Waals surface area contributed by atoms with Crippen LogP contribution in [0.2, 0.25) is 0 Å². The number of methoxy groups -OCH3 is 1. The summed E-state index contributed by atoms with van der Waals surface area (Å²) < 4.78 is 5.41. The largest absolute Gasteiger partial charge is 0.381 e. The Hall–Kier alpha value is -0.450. The van der Waals surface area contributed by atoms with Gasteiger partial charge in [0.15, 0.2) is 0 Å². The van der Waals surface area contributed by atoms with Gasteiger partial charge in [-0.1, -0.05) is 0 Å². The lowest BCUT2D eigenvalue weighted by Gasteiger charge is -2.35. The van der Waals surface area contributed by atoms with Gasteiger partial charge in [-0.05, 0) is 32.6 Å². The predicted octanol–water partition coefficient (Wildman–Crippen LogP) is 2.19. The zero-order valence-electron chi connectivity index (χ0n) is 9.32. The molecule has 0 radical (unpaired) electrons. The highest BCUT2D eigenvalue weighted by Crippen LogP contribution is 2.37. The van der Waals surface area contributed by atoms with Crippen molar-refractivity contribution >= 4 is 11.3 Å². The molecule has 1 aliphatic carbocycles. The van der Waals surface area contributed by atoms with Gasteiger partial charge < -0.3 is 10.5 Å². The van der Waals surface area contributed by atoms with Gasteiger partial charge in [-0.15, -0.1) is 11.3 Å². The fourth-order valence-corrected chi connectivity index (χ4v) is 3.19. The van der Waals surface area contributed by atoms with E-state index in [2.05, 4.69) is 10.4 Å². The third kappa shape index (κ3) is 2.22. The third-order valence-corrected chi connectivity index (χ3v) is 4.30. The molecule has 1 aromatic heterocycles. The van der Waals surface area contributed by atoms with Crippen molar-refractivity contribution in [1.29, 1.82) is 0 Å². The monoisotopic (exact) mass is 226 g/mol. The quantitative estimate of drug-likeness (QED) is 0.841. The van der Waals surface area contributed by atoms with Crippen molar-refractivity contribution in [3.05, 3.63) is 16.1 Å². The first-order valence-corrected chi connectivity index (χ1v) is 6.26. The molecule has 1 saturated carbocycles. The highest BCUT2D eigenvalue weighted by molar-refractivity contribution is 7.09. The van der Waals surface area contributed by atoms with Crippen molar-refractivity contribution in [3.8, 4) is 0 Å². The molecule has 4 heteroatoms. The molecule has 1 aliphatic rings. The number of ether oxygens (including phenoxy) is 1. The fraction of sp³-hybridized carbons (Fsp3) is 0.727. The number of hydrogen-bond donors (Lipinski definition) is 1. The zero-order chi connectivity index (χ0) is 10.9. The summed E-state index contributed by atoms with van der Waals surface area (Å²) in [6, 6.07) is 0. The van der Waals surface area contributed by atoms with Crippen LogP contribution in [0.4, 0.5) is 0 Å². The van der Waals surface area contributed by atoms with Crippen LogP contribution in [-0.4, -0.2) is 18.2 Å². The van der Waals surface area contributed by atoms with Gasteiger partial charge in [0.05, 0.1) is 11.6 Å². The van der Waals surface area contributed by atoms with Gasteiger partial charge in [-0.3, -0.25) is 0 Å². The van der Waals surface area contributed by atoms with E-state index in [1.54, 1.807) is 18.4 Å². The maximum atomic E-state index is 6.43. The average Bonchev–Trinajstić information content (AvgIpc) is 2.65. The molecule has 2 N–H and O–H groups in total. The van der Waals surface area contributed by atoms with E-state index in [4.69, 9.17) is 10.5 Å². The Labute approximate surface area is 94.7 Å². The fourth-order valence-electron chi connectivity index (χ4n) is 2.23. The Morgan fingerprint density at radius 1 is 1.67 bits per heavy atom. The molecule has 2 rings (SSSR count). The number of thiazole rings is 1. The van der Waals surface area contributed by atoms with E-state index in [1.165, 1.54) is 0 Å². The number of aromatic nitrogens is 1. The number of aryl methyl sites for hydroxylation is 1. The summed E-state index contributed by atoms with van der Waals surface area (Å²) in [6.45, 7) is 2.01. The minimum absolute atomic E-state index is 0.252. The minimum Gasteiger partial charge on any atom is -0.381 e. The normalized spacial score (nSPS) is 31.8.